The Morgan fingerprint density at radius 2 is 1.58 bits per heavy atom. The third-order valence-electron chi connectivity index (χ3n) is 8.44. The molecule has 0 bridgehead atoms. The second-order valence-electron chi connectivity index (χ2n) is 12.1. The van der Waals surface area contributed by atoms with Gasteiger partial charge in [-0.15, -0.1) is 0 Å². The number of benzene rings is 2. The van der Waals surface area contributed by atoms with E-state index in [9.17, 15) is 9.90 Å². The van der Waals surface area contributed by atoms with Crippen LogP contribution in [-0.2, 0) is 58.8 Å². The van der Waals surface area contributed by atoms with Crippen molar-refractivity contribution in [3.05, 3.63) is 71.8 Å². The Morgan fingerprint density at radius 1 is 0.867 bits per heavy atom. The minimum atomic E-state index is -1.15. The second-order valence-corrected chi connectivity index (χ2v) is 12.1. The number of methoxy groups -OCH3 is 1. The third-order valence-corrected chi connectivity index (χ3v) is 8.44. The van der Waals surface area contributed by atoms with E-state index in [4.69, 9.17) is 47.4 Å². The average Bonchev–Trinajstić information content (AvgIpc) is 3.38. The molecule has 2 aromatic carbocycles. The van der Waals surface area contributed by atoms with Crippen LogP contribution in [0.15, 0.2) is 60.7 Å². The summed E-state index contributed by atoms with van der Waals surface area (Å²) in [5.41, 5.74) is 1.82. The summed E-state index contributed by atoms with van der Waals surface area (Å²) in [6, 6.07) is 19.4. The van der Waals surface area contributed by atoms with Crippen molar-refractivity contribution in [2.24, 2.45) is 0 Å². The van der Waals surface area contributed by atoms with Crippen LogP contribution in [0.3, 0.4) is 0 Å². The lowest BCUT2D eigenvalue weighted by atomic mass is 9.93. The van der Waals surface area contributed by atoms with Crippen molar-refractivity contribution in [3.63, 3.8) is 0 Å². The Hall–Kier alpha value is -2.49. The Morgan fingerprint density at radius 3 is 2.31 bits per heavy atom. The first-order chi connectivity index (χ1) is 21.7. The highest BCUT2D eigenvalue weighted by Crippen LogP contribution is 2.40. The van der Waals surface area contributed by atoms with Gasteiger partial charge in [0.15, 0.2) is 18.4 Å². The Balaban J connectivity index is 1.25. The number of aliphatic hydroxyl groups is 1. The number of rotatable bonds is 10. The van der Waals surface area contributed by atoms with Crippen LogP contribution in [0.2, 0.25) is 0 Å². The van der Waals surface area contributed by atoms with Crippen molar-refractivity contribution < 1.29 is 57.3 Å². The van der Waals surface area contributed by atoms with Crippen molar-refractivity contribution in [2.45, 2.75) is 101 Å². The van der Waals surface area contributed by atoms with E-state index in [2.05, 4.69) is 0 Å². The van der Waals surface area contributed by atoms with Crippen LogP contribution in [0.5, 0.6) is 0 Å². The number of fused-ring (bicyclic) bond motifs is 2. The van der Waals surface area contributed by atoms with E-state index in [0.717, 1.165) is 11.1 Å². The molecule has 1 unspecified atom stereocenters. The van der Waals surface area contributed by atoms with Crippen molar-refractivity contribution in [1.82, 2.24) is 0 Å². The molecule has 4 aliphatic rings. The van der Waals surface area contributed by atoms with Gasteiger partial charge in [0.2, 0.25) is 0 Å². The zero-order valence-corrected chi connectivity index (χ0v) is 25.9. The molecule has 0 aromatic heterocycles. The standard InChI is InChI=1S/C33H42O12/c1-19-25(29-30(31(35)41-19)45-33(2,3)44-29)38-16-22-26(39-18-24(34)36-4)28(37-15-20-11-7-5-8-12-20)27-23(42-22)17-40-32(43-27)21-13-9-6-10-14-21/h5-14,19,22-23,25-32,35H,15-18H2,1-4H3/t19-,22-,23+,25-,26+,27+,28+,29+,30+,31+,32?/m0/s1. The molecular formula is C33H42O12. The minimum absolute atomic E-state index is 0.0316. The van der Waals surface area contributed by atoms with Crippen LogP contribution >= 0.6 is 0 Å². The van der Waals surface area contributed by atoms with Gasteiger partial charge < -0.3 is 52.5 Å². The van der Waals surface area contributed by atoms with Gasteiger partial charge in [0.1, 0.15) is 55.4 Å². The van der Waals surface area contributed by atoms with Gasteiger partial charge in [-0.1, -0.05) is 60.7 Å². The summed E-state index contributed by atoms with van der Waals surface area (Å²) >= 11 is 0. The molecular weight excluding hydrogens is 588 g/mol. The summed E-state index contributed by atoms with van der Waals surface area (Å²) in [5, 5.41) is 10.5. The highest BCUT2D eigenvalue weighted by atomic mass is 16.8. The maximum atomic E-state index is 12.2. The Bertz CT molecular complexity index is 1240. The maximum absolute atomic E-state index is 12.2. The molecule has 45 heavy (non-hydrogen) atoms. The summed E-state index contributed by atoms with van der Waals surface area (Å²) in [5.74, 6) is -1.47. The topological polar surface area (TPSA) is 130 Å². The van der Waals surface area contributed by atoms with Gasteiger partial charge in [-0.2, -0.15) is 0 Å². The van der Waals surface area contributed by atoms with Gasteiger partial charge in [0, 0.05) is 5.56 Å². The summed E-state index contributed by atoms with van der Waals surface area (Å²) in [6.07, 6.45) is -7.46. The Kier molecular flexibility index (Phi) is 10.2. The molecule has 4 heterocycles. The first-order valence-electron chi connectivity index (χ1n) is 15.3. The highest BCUT2D eigenvalue weighted by molar-refractivity contribution is 5.70. The normalized spacial score (nSPS) is 37.4. The molecule has 0 amide bonds. The van der Waals surface area contributed by atoms with E-state index < -0.39 is 79.3 Å². The summed E-state index contributed by atoms with van der Waals surface area (Å²) in [7, 11) is 1.30. The van der Waals surface area contributed by atoms with Crippen LogP contribution in [0.4, 0.5) is 0 Å². The molecule has 2 aromatic rings. The molecule has 0 spiro atoms. The summed E-state index contributed by atoms with van der Waals surface area (Å²) < 4.78 is 61.0. The smallest absolute Gasteiger partial charge is 0.331 e. The molecule has 0 radical (unpaired) electrons. The zero-order chi connectivity index (χ0) is 31.6. The fraction of sp³-hybridized carbons (Fsp3) is 0.606. The molecule has 0 aliphatic carbocycles. The molecule has 12 nitrogen and oxygen atoms in total. The molecule has 11 atom stereocenters. The number of aliphatic hydroxyl groups excluding tert-OH is 1. The Labute approximate surface area is 262 Å². The summed E-state index contributed by atoms with van der Waals surface area (Å²) in [4.78, 5) is 12.2. The van der Waals surface area contributed by atoms with Crippen molar-refractivity contribution in [2.75, 3.05) is 26.9 Å². The van der Waals surface area contributed by atoms with E-state index in [-0.39, 0.29) is 26.4 Å². The van der Waals surface area contributed by atoms with Crippen LogP contribution in [-0.4, -0.2) is 105 Å². The van der Waals surface area contributed by atoms with Crippen molar-refractivity contribution in [1.29, 1.82) is 0 Å². The fourth-order valence-electron chi connectivity index (χ4n) is 6.32. The lowest BCUT2D eigenvalue weighted by molar-refractivity contribution is -0.344. The molecule has 1 N–H and O–H groups in total. The van der Waals surface area contributed by atoms with Crippen LogP contribution < -0.4 is 0 Å². The van der Waals surface area contributed by atoms with Gasteiger partial charge in [-0.25, -0.2) is 4.79 Å². The average molecular weight is 631 g/mol. The van der Waals surface area contributed by atoms with Crippen LogP contribution in [0.1, 0.15) is 38.2 Å². The number of hydrogen-bond donors (Lipinski definition) is 1. The predicted octanol–water partition coefficient (Wildman–Crippen LogP) is 2.65. The van der Waals surface area contributed by atoms with Crippen LogP contribution in [0.25, 0.3) is 0 Å². The molecule has 6 rings (SSSR count). The van der Waals surface area contributed by atoms with Gasteiger partial charge in [0.25, 0.3) is 0 Å². The van der Waals surface area contributed by atoms with Gasteiger partial charge in [0.05, 0.1) is 33.0 Å². The zero-order valence-electron chi connectivity index (χ0n) is 25.9. The first kappa shape index (κ1) is 32.5. The molecule has 12 heteroatoms. The van der Waals surface area contributed by atoms with Crippen molar-refractivity contribution in [3.8, 4) is 0 Å². The highest BCUT2D eigenvalue weighted by Gasteiger charge is 2.56. The fourth-order valence-corrected chi connectivity index (χ4v) is 6.32. The van der Waals surface area contributed by atoms with Gasteiger partial charge >= 0.3 is 5.97 Å². The number of carbonyl (C=O) groups is 1. The maximum Gasteiger partial charge on any atom is 0.331 e. The number of carbonyl (C=O) groups excluding carboxylic acids is 1. The van der Waals surface area contributed by atoms with E-state index >= 15 is 0 Å². The predicted molar refractivity (Wildman–Crippen MR) is 156 cm³/mol. The third kappa shape index (κ3) is 7.41. The number of esters is 1. The number of ether oxygens (including phenoxy) is 10. The van der Waals surface area contributed by atoms with Crippen LogP contribution in [0, 0.1) is 0 Å². The van der Waals surface area contributed by atoms with E-state index in [1.165, 1.54) is 7.11 Å². The quantitative estimate of drug-likeness (QED) is 0.388. The second kappa shape index (κ2) is 14.1. The lowest BCUT2D eigenvalue weighted by Gasteiger charge is -2.49. The largest absolute Gasteiger partial charge is 0.467 e. The van der Waals surface area contributed by atoms with E-state index in [0.29, 0.717) is 0 Å². The van der Waals surface area contributed by atoms with Crippen molar-refractivity contribution >= 4 is 5.97 Å². The summed E-state index contributed by atoms with van der Waals surface area (Å²) in [6.45, 7) is 5.58. The molecule has 4 aliphatic heterocycles. The van der Waals surface area contributed by atoms with E-state index in [1.807, 2.05) is 60.7 Å². The SMILES string of the molecule is COC(=O)CO[C@H]1[C@@H](OCc2ccccc2)[C@@H]2OC(c3ccccc3)OC[C@H]2O[C@H]1CO[C@@H]1[C@H]2OC(C)(C)O[C@H]2[C@H](O)O[C@H]1C. The molecule has 4 fully saturated rings. The molecule has 246 valence electrons. The minimum Gasteiger partial charge on any atom is -0.467 e. The molecule has 0 saturated carbocycles. The van der Waals surface area contributed by atoms with Gasteiger partial charge in [-0.05, 0) is 26.3 Å². The van der Waals surface area contributed by atoms with Gasteiger partial charge in [-0.3, -0.25) is 0 Å². The first-order valence-corrected chi connectivity index (χ1v) is 15.3. The number of hydrogen-bond acceptors (Lipinski definition) is 12. The lowest BCUT2D eigenvalue weighted by Crippen LogP contribution is -2.64. The molecule has 4 saturated heterocycles. The monoisotopic (exact) mass is 630 g/mol. The van der Waals surface area contributed by atoms with E-state index in [1.54, 1.807) is 20.8 Å².